The van der Waals surface area contributed by atoms with Crippen LogP contribution in [0.5, 0.6) is 0 Å². The monoisotopic (exact) mass is 340 g/mol. The third-order valence-corrected chi connectivity index (χ3v) is 3.89. The minimum Gasteiger partial charge on any atom is -0.374 e. The fourth-order valence-electron chi connectivity index (χ4n) is 2.03. The minimum atomic E-state index is -4.41. The number of nitrogen functional groups attached to an aromatic ring is 1. The van der Waals surface area contributed by atoms with E-state index in [-0.39, 0.29) is 0 Å². The fraction of sp³-hybridized carbons (Fsp3) is 0.231. The Bertz CT molecular complexity index is 832. The molecule has 0 aliphatic heterocycles. The van der Waals surface area contributed by atoms with E-state index in [1.54, 1.807) is 0 Å². The lowest BCUT2D eigenvalue weighted by molar-refractivity contribution is -0.137. The molecule has 0 saturated carbocycles. The van der Waals surface area contributed by atoms with Crippen molar-refractivity contribution in [2.45, 2.75) is 12.6 Å². The Morgan fingerprint density at radius 2 is 2.00 bits per heavy atom. The second-order valence-corrected chi connectivity index (χ2v) is 5.76. The Morgan fingerprint density at radius 1 is 1.17 bits per heavy atom. The minimum absolute atomic E-state index is 0.319. The van der Waals surface area contributed by atoms with Gasteiger partial charge in [-0.2, -0.15) is 13.2 Å². The van der Waals surface area contributed by atoms with E-state index in [1.807, 2.05) is 0 Å². The first-order chi connectivity index (χ1) is 10.9. The van der Waals surface area contributed by atoms with Gasteiger partial charge in [0.05, 0.1) is 11.1 Å². The van der Waals surface area contributed by atoms with Crippen LogP contribution in [0.15, 0.2) is 24.5 Å². The summed E-state index contributed by atoms with van der Waals surface area (Å²) in [6.07, 6.45) is -2.56. The quantitative estimate of drug-likeness (QED) is 0.759. The summed E-state index contributed by atoms with van der Waals surface area (Å²) in [6, 6.07) is 3.38. The highest BCUT2D eigenvalue weighted by atomic mass is 32.1. The predicted molar refractivity (Wildman–Crippen MR) is 81.1 cm³/mol. The molecule has 2 heterocycles. The number of nitrogens with zero attached hydrogens (tertiary/aromatic N) is 4. The van der Waals surface area contributed by atoms with Crippen LogP contribution in [0.3, 0.4) is 0 Å². The van der Waals surface area contributed by atoms with Gasteiger partial charge in [0, 0.05) is 18.4 Å². The van der Waals surface area contributed by atoms with Crippen molar-refractivity contribution in [3.05, 3.63) is 35.1 Å². The van der Waals surface area contributed by atoms with Crippen LogP contribution in [0.4, 0.5) is 24.1 Å². The molecule has 0 unspecified atom stereocenters. The van der Waals surface area contributed by atoms with E-state index in [0.29, 0.717) is 34.8 Å². The molecule has 6 nitrogen and oxygen atoms in total. The number of alkyl halides is 3. The summed E-state index contributed by atoms with van der Waals surface area (Å²) in [7, 11) is 0. The maximum Gasteiger partial charge on any atom is 0.416 e. The van der Waals surface area contributed by atoms with E-state index in [0.717, 1.165) is 17.1 Å². The van der Waals surface area contributed by atoms with Gasteiger partial charge in [-0.15, -0.1) is 10.2 Å². The normalized spacial score (nSPS) is 11.8. The molecule has 120 valence electrons. The topological polar surface area (TPSA) is 89.6 Å². The van der Waals surface area contributed by atoms with E-state index in [2.05, 4.69) is 25.5 Å². The predicted octanol–water partition coefficient (Wildman–Crippen LogP) is 2.74. The summed E-state index contributed by atoms with van der Waals surface area (Å²) < 4.78 is 38.5. The Balaban J connectivity index is 1.82. The van der Waals surface area contributed by atoms with Crippen molar-refractivity contribution in [3.63, 3.8) is 0 Å². The van der Waals surface area contributed by atoms with Crippen LogP contribution in [-0.4, -0.2) is 26.7 Å². The Morgan fingerprint density at radius 3 is 2.70 bits per heavy atom. The largest absolute Gasteiger partial charge is 0.416 e. The highest BCUT2D eigenvalue weighted by Gasteiger charge is 2.30. The van der Waals surface area contributed by atoms with Crippen LogP contribution in [0, 0.1) is 0 Å². The molecule has 3 aromatic rings. The number of benzene rings is 1. The van der Waals surface area contributed by atoms with E-state index >= 15 is 0 Å². The first-order valence-electron chi connectivity index (χ1n) is 6.57. The van der Waals surface area contributed by atoms with Gasteiger partial charge in [0.15, 0.2) is 0 Å². The second-order valence-electron chi connectivity index (χ2n) is 4.66. The van der Waals surface area contributed by atoms with Crippen LogP contribution in [0.2, 0.25) is 0 Å². The summed E-state index contributed by atoms with van der Waals surface area (Å²) in [6.45, 7) is 0.441. The van der Waals surface area contributed by atoms with Crippen molar-refractivity contribution in [3.8, 4) is 0 Å². The molecule has 0 amide bonds. The van der Waals surface area contributed by atoms with Gasteiger partial charge in [-0.1, -0.05) is 11.3 Å². The molecule has 0 saturated heterocycles. The van der Waals surface area contributed by atoms with Crippen LogP contribution < -0.4 is 11.1 Å². The highest BCUT2D eigenvalue weighted by molar-refractivity contribution is 7.15. The fourth-order valence-corrected chi connectivity index (χ4v) is 2.64. The molecular formula is C13H11F3N6S. The summed E-state index contributed by atoms with van der Waals surface area (Å²) in [4.78, 5) is 8.00. The molecule has 0 radical (unpaired) electrons. The first-order valence-corrected chi connectivity index (χ1v) is 7.39. The molecular weight excluding hydrogens is 329 g/mol. The van der Waals surface area contributed by atoms with Crippen molar-refractivity contribution >= 4 is 33.2 Å². The third-order valence-electron chi connectivity index (χ3n) is 3.08. The zero-order valence-electron chi connectivity index (χ0n) is 11.6. The first kappa shape index (κ1) is 15.4. The van der Waals surface area contributed by atoms with Crippen molar-refractivity contribution in [2.24, 2.45) is 0 Å². The summed E-state index contributed by atoms with van der Waals surface area (Å²) >= 11 is 1.27. The number of nitrogens with two attached hydrogens (primary N) is 1. The van der Waals surface area contributed by atoms with Crippen molar-refractivity contribution in [2.75, 3.05) is 17.6 Å². The van der Waals surface area contributed by atoms with Gasteiger partial charge in [0.1, 0.15) is 17.2 Å². The van der Waals surface area contributed by atoms with Gasteiger partial charge < -0.3 is 11.1 Å². The molecule has 3 N–H and O–H groups in total. The molecule has 0 bridgehead atoms. The molecule has 10 heteroatoms. The van der Waals surface area contributed by atoms with Crippen molar-refractivity contribution in [1.82, 2.24) is 20.2 Å². The van der Waals surface area contributed by atoms with E-state index < -0.39 is 11.7 Å². The molecule has 23 heavy (non-hydrogen) atoms. The van der Waals surface area contributed by atoms with Gasteiger partial charge in [-0.3, -0.25) is 0 Å². The third kappa shape index (κ3) is 3.47. The molecule has 1 aromatic carbocycles. The maximum absolute atomic E-state index is 12.8. The lowest BCUT2D eigenvalue weighted by Crippen LogP contribution is -2.08. The summed E-state index contributed by atoms with van der Waals surface area (Å²) in [5.74, 6) is 0.346. The molecule has 0 fully saturated rings. The highest BCUT2D eigenvalue weighted by Crippen LogP contribution is 2.32. The van der Waals surface area contributed by atoms with E-state index in [9.17, 15) is 13.2 Å². The van der Waals surface area contributed by atoms with E-state index in [4.69, 9.17) is 5.73 Å². The second kappa shape index (κ2) is 5.95. The number of anilines is 2. The number of aromatic nitrogens is 4. The average molecular weight is 340 g/mol. The molecule has 0 atom stereocenters. The number of halogens is 3. The van der Waals surface area contributed by atoms with Gasteiger partial charge >= 0.3 is 6.18 Å². The number of hydrogen-bond donors (Lipinski definition) is 2. The zero-order chi connectivity index (χ0) is 16.4. The maximum atomic E-state index is 12.8. The molecule has 3 rings (SSSR count). The number of fused-ring (bicyclic) bond motifs is 1. The summed E-state index contributed by atoms with van der Waals surface area (Å²) in [5.41, 5.74) is 5.19. The number of rotatable bonds is 4. The Labute approximate surface area is 132 Å². The molecule has 0 aliphatic carbocycles. The zero-order valence-corrected chi connectivity index (χ0v) is 12.4. The number of hydrogen-bond acceptors (Lipinski definition) is 7. The Hall–Kier alpha value is -2.49. The smallest absolute Gasteiger partial charge is 0.374 e. The van der Waals surface area contributed by atoms with Gasteiger partial charge in [0.2, 0.25) is 5.13 Å². The van der Waals surface area contributed by atoms with Crippen LogP contribution in [0.25, 0.3) is 10.9 Å². The van der Waals surface area contributed by atoms with Crippen LogP contribution >= 0.6 is 11.3 Å². The van der Waals surface area contributed by atoms with Crippen LogP contribution in [0.1, 0.15) is 10.6 Å². The standard InChI is InChI=1S/C13H11F3N6S/c14-13(15,16)7-1-2-9-8(5-7)11(20-6-19-9)18-4-3-10-21-22-12(17)23-10/h1-2,5-6H,3-4H2,(H2,17,22)(H,18,19,20). The SMILES string of the molecule is Nc1nnc(CCNc2ncnc3ccc(C(F)(F)F)cc23)s1. The lowest BCUT2D eigenvalue weighted by Gasteiger charge is -2.10. The van der Waals surface area contributed by atoms with Gasteiger partial charge in [-0.25, -0.2) is 9.97 Å². The van der Waals surface area contributed by atoms with E-state index in [1.165, 1.54) is 23.7 Å². The van der Waals surface area contributed by atoms with Gasteiger partial charge in [0.25, 0.3) is 0 Å². The summed E-state index contributed by atoms with van der Waals surface area (Å²) in [5, 5.41) is 12.0. The van der Waals surface area contributed by atoms with Crippen molar-refractivity contribution < 1.29 is 13.2 Å². The Kier molecular flexibility index (Phi) is 3.99. The molecule has 0 spiro atoms. The average Bonchev–Trinajstić information content (AvgIpc) is 2.91. The lowest BCUT2D eigenvalue weighted by atomic mass is 10.1. The molecule has 2 aromatic heterocycles. The molecule has 0 aliphatic rings. The van der Waals surface area contributed by atoms with Gasteiger partial charge in [-0.05, 0) is 18.2 Å². The van der Waals surface area contributed by atoms with Crippen LogP contribution in [-0.2, 0) is 12.6 Å². The number of nitrogens with one attached hydrogen (secondary N) is 1. The van der Waals surface area contributed by atoms with Crippen molar-refractivity contribution in [1.29, 1.82) is 0 Å².